The van der Waals surface area contributed by atoms with Crippen molar-refractivity contribution in [1.82, 2.24) is 0 Å². The van der Waals surface area contributed by atoms with Gasteiger partial charge in [-0.3, -0.25) is 0 Å². The first kappa shape index (κ1) is 11.0. The summed E-state index contributed by atoms with van der Waals surface area (Å²) in [5.74, 6) is 1.87. The zero-order valence-electron chi connectivity index (χ0n) is 10.8. The van der Waals surface area contributed by atoms with Crippen LogP contribution in [-0.2, 0) is 4.74 Å². The molecule has 86 valence electrons. The monoisotopic (exact) mass is 208 g/mol. The second kappa shape index (κ2) is 3.26. The molecule has 2 atom stereocenters. The van der Waals surface area contributed by atoms with Gasteiger partial charge < -0.3 is 4.74 Å². The molecule has 2 unspecified atom stereocenters. The van der Waals surface area contributed by atoms with E-state index in [4.69, 9.17) is 4.74 Å². The fourth-order valence-electron chi connectivity index (χ4n) is 3.57. The number of fused-ring (bicyclic) bond motifs is 1. The van der Waals surface area contributed by atoms with Crippen molar-refractivity contribution in [3.8, 4) is 0 Å². The van der Waals surface area contributed by atoms with Crippen LogP contribution in [0, 0.1) is 11.3 Å². The predicted octanol–water partition coefficient (Wildman–Crippen LogP) is 4.29. The highest BCUT2D eigenvalue weighted by molar-refractivity contribution is 5.15. The molecule has 1 aliphatic carbocycles. The van der Waals surface area contributed by atoms with Gasteiger partial charge >= 0.3 is 0 Å². The average Bonchev–Trinajstić information content (AvgIpc) is 2.09. The first-order valence-electron chi connectivity index (χ1n) is 6.20. The highest BCUT2D eigenvalue weighted by atomic mass is 16.5. The third kappa shape index (κ3) is 1.70. The molecule has 0 aromatic rings. The van der Waals surface area contributed by atoms with E-state index in [9.17, 15) is 0 Å². The molecule has 1 saturated carbocycles. The molecule has 0 radical (unpaired) electrons. The maximum Gasteiger partial charge on any atom is 0.109 e. The summed E-state index contributed by atoms with van der Waals surface area (Å²) < 4.78 is 6.21. The van der Waals surface area contributed by atoms with Gasteiger partial charge in [0.25, 0.3) is 0 Å². The van der Waals surface area contributed by atoms with E-state index in [1.807, 2.05) is 0 Å². The normalized spacial score (nSPS) is 39.7. The van der Waals surface area contributed by atoms with Gasteiger partial charge in [-0.15, -0.1) is 0 Å². The summed E-state index contributed by atoms with van der Waals surface area (Å²) in [5, 5.41) is 0. The third-order valence-electron chi connectivity index (χ3n) is 4.67. The van der Waals surface area contributed by atoms with Crippen LogP contribution in [0.15, 0.2) is 11.3 Å². The molecule has 2 aliphatic rings. The van der Waals surface area contributed by atoms with Crippen LogP contribution in [0.25, 0.3) is 0 Å². The third-order valence-corrected chi connectivity index (χ3v) is 4.67. The van der Waals surface area contributed by atoms with Crippen molar-refractivity contribution in [2.24, 2.45) is 11.3 Å². The molecule has 15 heavy (non-hydrogen) atoms. The van der Waals surface area contributed by atoms with Crippen molar-refractivity contribution in [1.29, 1.82) is 0 Å². The maximum absolute atomic E-state index is 6.21. The van der Waals surface area contributed by atoms with Crippen LogP contribution in [0.2, 0.25) is 0 Å². The fraction of sp³-hybridized carbons (Fsp3) is 0.857. The number of ether oxygens (including phenoxy) is 1. The molecule has 0 aromatic heterocycles. The lowest BCUT2D eigenvalue weighted by atomic mass is 9.59. The number of hydrogen-bond acceptors (Lipinski definition) is 1. The van der Waals surface area contributed by atoms with Gasteiger partial charge in [0.15, 0.2) is 0 Å². The van der Waals surface area contributed by atoms with Gasteiger partial charge in [0, 0.05) is 5.92 Å². The minimum absolute atomic E-state index is 0.103. The molecular formula is C14H24O. The van der Waals surface area contributed by atoms with Gasteiger partial charge in [0.2, 0.25) is 0 Å². The van der Waals surface area contributed by atoms with Gasteiger partial charge in [-0.05, 0) is 57.4 Å². The molecule has 1 fully saturated rings. The topological polar surface area (TPSA) is 9.23 Å². The Labute approximate surface area is 93.9 Å². The van der Waals surface area contributed by atoms with Crippen LogP contribution in [-0.4, -0.2) is 5.60 Å². The quantitative estimate of drug-likeness (QED) is 0.577. The van der Waals surface area contributed by atoms with E-state index >= 15 is 0 Å². The van der Waals surface area contributed by atoms with E-state index in [1.165, 1.54) is 37.0 Å². The van der Waals surface area contributed by atoms with Crippen LogP contribution in [0.5, 0.6) is 0 Å². The number of hydrogen-bond donors (Lipinski definition) is 0. The molecule has 1 nitrogen and oxygen atoms in total. The number of allylic oxidation sites excluding steroid dienone is 2. The van der Waals surface area contributed by atoms with Crippen LogP contribution in [0.1, 0.15) is 60.3 Å². The molecule has 0 saturated heterocycles. The van der Waals surface area contributed by atoms with Crippen molar-refractivity contribution in [3.63, 3.8) is 0 Å². The predicted molar refractivity (Wildman–Crippen MR) is 63.6 cm³/mol. The fourth-order valence-corrected chi connectivity index (χ4v) is 3.57. The average molecular weight is 208 g/mol. The minimum Gasteiger partial charge on any atom is -0.492 e. The SMILES string of the molecule is CC1=C(C)OC2(C)CCCC(C)(C)C2C1. The highest BCUT2D eigenvalue weighted by Crippen LogP contribution is 2.53. The van der Waals surface area contributed by atoms with Gasteiger partial charge in [-0.25, -0.2) is 0 Å². The van der Waals surface area contributed by atoms with Gasteiger partial charge in [-0.1, -0.05) is 13.8 Å². The van der Waals surface area contributed by atoms with Gasteiger partial charge in [0.1, 0.15) is 5.60 Å². The Kier molecular flexibility index (Phi) is 2.40. The summed E-state index contributed by atoms with van der Waals surface area (Å²) in [6.07, 6.45) is 5.12. The summed E-state index contributed by atoms with van der Waals surface area (Å²) in [4.78, 5) is 0. The van der Waals surface area contributed by atoms with E-state index in [2.05, 4.69) is 34.6 Å². The summed E-state index contributed by atoms with van der Waals surface area (Å²) in [6.45, 7) is 11.5. The van der Waals surface area contributed by atoms with Gasteiger partial charge in [0.05, 0.1) is 5.76 Å². The number of rotatable bonds is 0. The largest absolute Gasteiger partial charge is 0.492 e. The smallest absolute Gasteiger partial charge is 0.109 e. The molecule has 0 N–H and O–H groups in total. The Hall–Kier alpha value is -0.460. The summed E-state index contributed by atoms with van der Waals surface area (Å²) in [6, 6.07) is 0. The zero-order valence-corrected chi connectivity index (χ0v) is 10.8. The molecule has 1 heterocycles. The van der Waals surface area contributed by atoms with E-state index in [0.29, 0.717) is 11.3 Å². The van der Waals surface area contributed by atoms with E-state index < -0.39 is 0 Å². The Morgan fingerprint density at radius 3 is 2.47 bits per heavy atom. The standard InChI is InChI=1S/C14H24O/c1-10-9-12-13(3,4)7-6-8-14(12,5)15-11(10)2/h12H,6-9H2,1-5H3. The first-order valence-corrected chi connectivity index (χ1v) is 6.20. The van der Waals surface area contributed by atoms with Crippen molar-refractivity contribution in [3.05, 3.63) is 11.3 Å². The lowest BCUT2D eigenvalue weighted by molar-refractivity contribution is -0.120. The molecular weight excluding hydrogens is 184 g/mol. The maximum atomic E-state index is 6.21. The Morgan fingerprint density at radius 2 is 1.80 bits per heavy atom. The summed E-state index contributed by atoms with van der Waals surface area (Å²) in [7, 11) is 0. The minimum atomic E-state index is 0.103. The molecule has 1 aliphatic heterocycles. The zero-order chi connectivity index (χ0) is 11.3. The molecule has 0 bridgehead atoms. The van der Waals surface area contributed by atoms with Crippen LogP contribution >= 0.6 is 0 Å². The molecule has 0 aromatic carbocycles. The molecule has 0 spiro atoms. The van der Waals surface area contributed by atoms with E-state index in [-0.39, 0.29) is 5.60 Å². The van der Waals surface area contributed by atoms with Crippen LogP contribution in [0.3, 0.4) is 0 Å². The Morgan fingerprint density at radius 1 is 1.13 bits per heavy atom. The Bertz CT molecular complexity index is 300. The van der Waals surface area contributed by atoms with Gasteiger partial charge in [-0.2, -0.15) is 0 Å². The van der Waals surface area contributed by atoms with E-state index in [0.717, 1.165) is 0 Å². The molecule has 2 rings (SSSR count). The lowest BCUT2D eigenvalue weighted by Gasteiger charge is -2.53. The highest BCUT2D eigenvalue weighted by Gasteiger charge is 2.49. The Balaban J connectivity index is 2.35. The second-order valence-corrected chi connectivity index (χ2v) is 6.35. The van der Waals surface area contributed by atoms with E-state index in [1.54, 1.807) is 0 Å². The summed E-state index contributed by atoms with van der Waals surface area (Å²) >= 11 is 0. The van der Waals surface area contributed by atoms with Crippen LogP contribution in [0.4, 0.5) is 0 Å². The van der Waals surface area contributed by atoms with Crippen molar-refractivity contribution >= 4 is 0 Å². The molecule has 0 amide bonds. The summed E-state index contributed by atoms with van der Waals surface area (Å²) in [5.41, 5.74) is 1.99. The molecule has 1 heteroatoms. The van der Waals surface area contributed by atoms with Crippen molar-refractivity contribution in [2.75, 3.05) is 0 Å². The van der Waals surface area contributed by atoms with Crippen LogP contribution < -0.4 is 0 Å². The van der Waals surface area contributed by atoms with Crippen molar-refractivity contribution in [2.45, 2.75) is 65.9 Å². The lowest BCUT2D eigenvalue weighted by Crippen LogP contribution is -2.50. The second-order valence-electron chi connectivity index (χ2n) is 6.35. The first-order chi connectivity index (χ1) is 6.85. The van der Waals surface area contributed by atoms with Crippen molar-refractivity contribution < 1.29 is 4.74 Å².